The van der Waals surface area contributed by atoms with Gasteiger partial charge in [-0.1, -0.05) is 19.1 Å². The highest BCUT2D eigenvalue weighted by atomic mass is 19.1. The second-order valence-corrected chi connectivity index (χ2v) is 3.93. The van der Waals surface area contributed by atoms with Gasteiger partial charge in [0.2, 0.25) is 0 Å². The van der Waals surface area contributed by atoms with Gasteiger partial charge in [-0.05, 0) is 42.9 Å². The van der Waals surface area contributed by atoms with Gasteiger partial charge in [-0.15, -0.1) is 0 Å². The molecule has 1 unspecified atom stereocenters. The van der Waals surface area contributed by atoms with E-state index in [0.29, 0.717) is 12.0 Å². The van der Waals surface area contributed by atoms with Crippen LogP contribution >= 0.6 is 0 Å². The maximum atomic E-state index is 13.5. The van der Waals surface area contributed by atoms with Crippen molar-refractivity contribution in [1.82, 2.24) is 0 Å². The predicted octanol–water partition coefficient (Wildman–Crippen LogP) is 2.33. The Morgan fingerprint density at radius 1 is 1.27 bits per heavy atom. The maximum Gasteiger partial charge on any atom is 0.151 e. The Morgan fingerprint density at radius 2 is 1.93 bits per heavy atom. The third-order valence-electron chi connectivity index (χ3n) is 2.62. The summed E-state index contributed by atoms with van der Waals surface area (Å²) in [5.74, 6) is -0.206. The van der Waals surface area contributed by atoms with E-state index in [2.05, 4.69) is 0 Å². The minimum Gasteiger partial charge on any atom is -0.368 e. The Hall–Kier alpha value is -0.930. The first-order valence-corrected chi connectivity index (χ1v) is 5.13. The zero-order valence-corrected chi connectivity index (χ0v) is 9.07. The third kappa shape index (κ3) is 3.29. The van der Waals surface area contributed by atoms with Gasteiger partial charge in [0, 0.05) is 0 Å². The summed E-state index contributed by atoms with van der Waals surface area (Å²) >= 11 is 0. The highest BCUT2D eigenvalue weighted by molar-refractivity contribution is 5.30. The number of aliphatic hydroxyl groups excluding tert-OH is 1. The molecule has 15 heavy (non-hydrogen) atoms. The summed E-state index contributed by atoms with van der Waals surface area (Å²) in [5, 5.41) is 17.5. The van der Waals surface area contributed by atoms with E-state index in [1.54, 1.807) is 6.07 Å². The Bertz CT molecular complexity index is 303. The van der Waals surface area contributed by atoms with Crippen molar-refractivity contribution in [3.05, 3.63) is 35.1 Å². The van der Waals surface area contributed by atoms with Gasteiger partial charge in [0.15, 0.2) is 6.29 Å². The predicted molar refractivity (Wildman–Crippen MR) is 57.0 cm³/mol. The summed E-state index contributed by atoms with van der Waals surface area (Å²) in [5.41, 5.74) is 1.59. The molecule has 0 radical (unpaired) electrons. The van der Waals surface area contributed by atoms with Crippen LogP contribution in [0.5, 0.6) is 0 Å². The van der Waals surface area contributed by atoms with Crippen LogP contribution in [0.3, 0.4) is 0 Å². The smallest absolute Gasteiger partial charge is 0.151 e. The van der Waals surface area contributed by atoms with Crippen molar-refractivity contribution in [1.29, 1.82) is 0 Å². The largest absolute Gasteiger partial charge is 0.368 e. The number of hydrogen-bond acceptors (Lipinski definition) is 2. The lowest BCUT2D eigenvalue weighted by Crippen LogP contribution is -2.08. The SMILES string of the molecule is Cc1cccc(F)c1C(C)CCC(O)O. The van der Waals surface area contributed by atoms with E-state index in [4.69, 9.17) is 10.2 Å². The van der Waals surface area contributed by atoms with Crippen LogP contribution in [0.2, 0.25) is 0 Å². The van der Waals surface area contributed by atoms with Crippen LogP contribution in [0, 0.1) is 12.7 Å². The normalized spacial score (nSPS) is 13.2. The molecule has 0 aliphatic rings. The lowest BCUT2D eigenvalue weighted by molar-refractivity contribution is -0.0472. The van der Waals surface area contributed by atoms with Gasteiger partial charge in [-0.2, -0.15) is 0 Å². The zero-order valence-electron chi connectivity index (χ0n) is 9.07. The van der Waals surface area contributed by atoms with Crippen LogP contribution < -0.4 is 0 Å². The molecule has 0 fully saturated rings. The van der Waals surface area contributed by atoms with Gasteiger partial charge in [-0.3, -0.25) is 0 Å². The summed E-state index contributed by atoms with van der Waals surface area (Å²) in [6.07, 6.45) is -0.464. The first-order chi connectivity index (χ1) is 7.02. The molecule has 0 amide bonds. The fraction of sp³-hybridized carbons (Fsp3) is 0.500. The van der Waals surface area contributed by atoms with Gasteiger partial charge in [-0.25, -0.2) is 4.39 Å². The minimum atomic E-state index is -1.31. The molecule has 0 heterocycles. The maximum absolute atomic E-state index is 13.5. The Balaban J connectivity index is 2.77. The van der Waals surface area contributed by atoms with Gasteiger partial charge < -0.3 is 10.2 Å². The molecule has 1 aromatic rings. The summed E-state index contributed by atoms with van der Waals surface area (Å²) < 4.78 is 13.5. The second-order valence-electron chi connectivity index (χ2n) is 3.93. The molecule has 0 saturated carbocycles. The first kappa shape index (κ1) is 12.1. The number of halogens is 1. The molecule has 1 aromatic carbocycles. The molecule has 0 bridgehead atoms. The molecule has 2 nitrogen and oxygen atoms in total. The zero-order chi connectivity index (χ0) is 11.4. The molecule has 1 atom stereocenters. The number of aryl methyl sites for hydroxylation is 1. The fourth-order valence-corrected chi connectivity index (χ4v) is 1.81. The van der Waals surface area contributed by atoms with Crippen molar-refractivity contribution < 1.29 is 14.6 Å². The highest BCUT2D eigenvalue weighted by Crippen LogP contribution is 2.26. The topological polar surface area (TPSA) is 40.5 Å². The molecule has 2 N–H and O–H groups in total. The molecule has 0 saturated heterocycles. The standard InChI is InChI=1S/C12H17FO2/c1-8-4-3-5-10(13)12(8)9(2)6-7-11(14)15/h3-5,9,11,14-15H,6-7H2,1-2H3. The summed E-state index contributed by atoms with van der Waals surface area (Å²) in [7, 11) is 0. The summed E-state index contributed by atoms with van der Waals surface area (Å²) in [6, 6.07) is 4.99. The van der Waals surface area contributed by atoms with Gasteiger partial charge in [0.05, 0.1) is 0 Å². The first-order valence-electron chi connectivity index (χ1n) is 5.13. The van der Waals surface area contributed by atoms with Gasteiger partial charge >= 0.3 is 0 Å². The summed E-state index contributed by atoms with van der Waals surface area (Å²) in [6.45, 7) is 3.76. The Labute approximate surface area is 89.4 Å². The highest BCUT2D eigenvalue weighted by Gasteiger charge is 2.14. The van der Waals surface area contributed by atoms with Crippen LogP contribution in [-0.2, 0) is 0 Å². The number of rotatable bonds is 4. The van der Waals surface area contributed by atoms with E-state index < -0.39 is 6.29 Å². The second kappa shape index (κ2) is 5.24. The fourth-order valence-electron chi connectivity index (χ4n) is 1.81. The average Bonchev–Trinajstić information content (AvgIpc) is 2.14. The molecule has 1 rings (SSSR count). The number of aliphatic hydroxyl groups is 2. The van der Waals surface area contributed by atoms with Crippen molar-refractivity contribution in [2.24, 2.45) is 0 Å². The lowest BCUT2D eigenvalue weighted by Gasteiger charge is -2.15. The van der Waals surface area contributed by atoms with Crippen molar-refractivity contribution in [2.45, 2.75) is 38.9 Å². The van der Waals surface area contributed by atoms with Crippen LogP contribution in [0.1, 0.15) is 36.8 Å². The quantitative estimate of drug-likeness (QED) is 0.752. The van der Waals surface area contributed by atoms with E-state index in [0.717, 1.165) is 5.56 Å². The van der Waals surface area contributed by atoms with E-state index in [1.807, 2.05) is 19.9 Å². The molecular formula is C12H17FO2. The molecule has 0 aliphatic heterocycles. The third-order valence-corrected chi connectivity index (χ3v) is 2.62. The van der Waals surface area contributed by atoms with E-state index in [1.165, 1.54) is 6.07 Å². The van der Waals surface area contributed by atoms with Crippen LogP contribution in [0.4, 0.5) is 4.39 Å². The summed E-state index contributed by atoms with van der Waals surface area (Å²) in [4.78, 5) is 0. The molecule has 0 spiro atoms. The van der Waals surface area contributed by atoms with Gasteiger partial charge in [0.25, 0.3) is 0 Å². The van der Waals surface area contributed by atoms with Crippen molar-refractivity contribution in [3.63, 3.8) is 0 Å². The molecule has 0 aromatic heterocycles. The van der Waals surface area contributed by atoms with Crippen LogP contribution in [-0.4, -0.2) is 16.5 Å². The Kier molecular flexibility index (Phi) is 4.24. The van der Waals surface area contributed by atoms with E-state index in [-0.39, 0.29) is 18.2 Å². The number of benzene rings is 1. The molecular weight excluding hydrogens is 195 g/mol. The Morgan fingerprint density at radius 3 is 2.47 bits per heavy atom. The van der Waals surface area contributed by atoms with E-state index in [9.17, 15) is 4.39 Å². The molecule has 0 aliphatic carbocycles. The average molecular weight is 212 g/mol. The van der Waals surface area contributed by atoms with Crippen molar-refractivity contribution in [2.75, 3.05) is 0 Å². The van der Waals surface area contributed by atoms with E-state index >= 15 is 0 Å². The van der Waals surface area contributed by atoms with Crippen LogP contribution in [0.15, 0.2) is 18.2 Å². The minimum absolute atomic E-state index is 0.00741. The van der Waals surface area contributed by atoms with Crippen LogP contribution in [0.25, 0.3) is 0 Å². The lowest BCUT2D eigenvalue weighted by atomic mass is 9.92. The van der Waals surface area contributed by atoms with Crippen molar-refractivity contribution in [3.8, 4) is 0 Å². The van der Waals surface area contributed by atoms with Crippen molar-refractivity contribution >= 4 is 0 Å². The number of hydrogen-bond donors (Lipinski definition) is 2. The van der Waals surface area contributed by atoms with Gasteiger partial charge in [0.1, 0.15) is 5.82 Å². The molecule has 3 heteroatoms. The monoisotopic (exact) mass is 212 g/mol. The molecule has 84 valence electrons.